The molecule has 3 rings (SSSR count). The van der Waals surface area contributed by atoms with Gasteiger partial charge in [-0.2, -0.15) is 0 Å². The summed E-state index contributed by atoms with van der Waals surface area (Å²) < 4.78 is 26.9. The monoisotopic (exact) mass is 300 g/mol. The highest BCUT2D eigenvalue weighted by atomic mass is 32.2. The van der Waals surface area contributed by atoms with Crippen LogP contribution in [0.2, 0.25) is 0 Å². The van der Waals surface area contributed by atoms with Gasteiger partial charge in [0.25, 0.3) is 10.0 Å². The molecule has 106 valence electrons. The second-order valence-electron chi connectivity index (χ2n) is 4.41. The van der Waals surface area contributed by atoms with Gasteiger partial charge in [0.05, 0.1) is 15.9 Å². The quantitative estimate of drug-likeness (QED) is 0.721. The largest absolute Gasteiger partial charge is 0.399 e. The van der Waals surface area contributed by atoms with Crippen molar-refractivity contribution in [1.82, 2.24) is 9.97 Å². The highest BCUT2D eigenvalue weighted by molar-refractivity contribution is 7.92. The van der Waals surface area contributed by atoms with Crippen LogP contribution in [0.3, 0.4) is 0 Å². The van der Waals surface area contributed by atoms with Crippen molar-refractivity contribution in [2.45, 2.75) is 4.90 Å². The molecule has 0 amide bonds. The average molecular weight is 300 g/mol. The van der Waals surface area contributed by atoms with Crippen LogP contribution in [0.1, 0.15) is 0 Å². The first-order chi connectivity index (χ1) is 10.0. The van der Waals surface area contributed by atoms with E-state index in [2.05, 4.69) is 14.7 Å². The number of pyridine rings is 2. The number of hydrogen-bond acceptors (Lipinski definition) is 5. The van der Waals surface area contributed by atoms with Gasteiger partial charge in [0.2, 0.25) is 0 Å². The van der Waals surface area contributed by atoms with E-state index in [0.29, 0.717) is 16.7 Å². The Bertz CT molecular complexity index is 892. The van der Waals surface area contributed by atoms with Crippen molar-refractivity contribution < 1.29 is 8.42 Å². The van der Waals surface area contributed by atoms with Crippen molar-refractivity contribution in [2.24, 2.45) is 0 Å². The lowest BCUT2D eigenvalue weighted by Crippen LogP contribution is -2.13. The van der Waals surface area contributed by atoms with E-state index in [9.17, 15) is 8.42 Å². The van der Waals surface area contributed by atoms with Gasteiger partial charge in [0, 0.05) is 11.9 Å². The Morgan fingerprint density at radius 3 is 2.48 bits per heavy atom. The molecule has 0 fully saturated rings. The number of anilines is 2. The number of nitrogens with one attached hydrogen (secondary N) is 1. The number of nitrogens with two attached hydrogens (primary N) is 1. The fraction of sp³-hybridized carbons (Fsp3) is 0. The van der Waals surface area contributed by atoms with E-state index in [-0.39, 0.29) is 10.7 Å². The highest BCUT2D eigenvalue weighted by Crippen LogP contribution is 2.18. The standard InChI is InChI=1S/C14H12N4O2S/c15-10-3-5-11(6-4-10)21(19,20)18-14-8-7-12-13(17-14)2-1-9-16-12/h1-9H,15H2,(H,17,18). The van der Waals surface area contributed by atoms with Crippen LogP contribution >= 0.6 is 0 Å². The number of nitrogen functional groups attached to an aromatic ring is 1. The highest BCUT2D eigenvalue weighted by Gasteiger charge is 2.14. The Morgan fingerprint density at radius 1 is 0.952 bits per heavy atom. The number of sulfonamides is 1. The molecule has 0 unspecified atom stereocenters. The second-order valence-corrected chi connectivity index (χ2v) is 6.10. The van der Waals surface area contributed by atoms with Gasteiger partial charge >= 0.3 is 0 Å². The number of benzene rings is 1. The summed E-state index contributed by atoms with van der Waals surface area (Å²) in [5, 5.41) is 0. The summed E-state index contributed by atoms with van der Waals surface area (Å²) in [5.74, 6) is 0.243. The maximum atomic E-state index is 12.2. The molecular weight excluding hydrogens is 288 g/mol. The van der Waals surface area contributed by atoms with Crippen LogP contribution in [0, 0.1) is 0 Å². The second kappa shape index (κ2) is 5.02. The van der Waals surface area contributed by atoms with Crippen molar-refractivity contribution >= 4 is 32.6 Å². The van der Waals surface area contributed by atoms with Gasteiger partial charge in [-0.25, -0.2) is 13.4 Å². The lowest BCUT2D eigenvalue weighted by atomic mass is 10.3. The van der Waals surface area contributed by atoms with Gasteiger partial charge in [-0.15, -0.1) is 0 Å². The molecule has 0 aliphatic carbocycles. The van der Waals surface area contributed by atoms with Crippen molar-refractivity contribution in [3.8, 4) is 0 Å². The molecule has 0 atom stereocenters. The van der Waals surface area contributed by atoms with E-state index in [0.717, 1.165) is 0 Å². The molecule has 3 aromatic rings. The summed E-state index contributed by atoms with van der Waals surface area (Å²) in [6.45, 7) is 0. The molecule has 0 radical (unpaired) electrons. The first-order valence-electron chi connectivity index (χ1n) is 6.15. The minimum absolute atomic E-state index is 0.129. The molecule has 7 heteroatoms. The Morgan fingerprint density at radius 2 is 1.71 bits per heavy atom. The Kier molecular flexibility index (Phi) is 3.19. The number of aromatic nitrogens is 2. The van der Waals surface area contributed by atoms with E-state index in [1.807, 2.05) is 0 Å². The van der Waals surface area contributed by atoms with Crippen molar-refractivity contribution in [1.29, 1.82) is 0 Å². The lowest BCUT2D eigenvalue weighted by Gasteiger charge is -2.08. The van der Waals surface area contributed by atoms with Crippen LogP contribution in [0.5, 0.6) is 0 Å². The van der Waals surface area contributed by atoms with E-state index in [1.165, 1.54) is 24.3 Å². The molecule has 2 aromatic heterocycles. The SMILES string of the molecule is Nc1ccc(S(=O)(=O)Nc2ccc3ncccc3n2)cc1. The number of nitrogens with zero attached hydrogens (tertiary/aromatic N) is 2. The predicted molar refractivity (Wildman–Crippen MR) is 81.2 cm³/mol. The summed E-state index contributed by atoms with van der Waals surface area (Å²) in [6, 6.07) is 12.8. The summed E-state index contributed by atoms with van der Waals surface area (Å²) in [7, 11) is -3.69. The van der Waals surface area contributed by atoms with Crippen LogP contribution in [0.15, 0.2) is 59.6 Å². The van der Waals surface area contributed by atoms with E-state index >= 15 is 0 Å². The molecule has 0 aliphatic rings. The zero-order valence-electron chi connectivity index (χ0n) is 10.9. The number of fused-ring (bicyclic) bond motifs is 1. The van der Waals surface area contributed by atoms with Gasteiger partial charge in [0.15, 0.2) is 0 Å². The van der Waals surface area contributed by atoms with Gasteiger partial charge in [-0.05, 0) is 48.5 Å². The molecule has 6 nitrogen and oxygen atoms in total. The van der Waals surface area contributed by atoms with Crippen LogP contribution < -0.4 is 10.5 Å². The van der Waals surface area contributed by atoms with Crippen molar-refractivity contribution in [3.05, 3.63) is 54.7 Å². The topological polar surface area (TPSA) is 98.0 Å². The molecule has 1 aromatic carbocycles. The molecule has 3 N–H and O–H groups in total. The molecular formula is C14H12N4O2S. The zero-order chi connectivity index (χ0) is 14.9. The summed E-state index contributed by atoms with van der Waals surface area (Å²) in [4.78, 5) is 8.49. The number of hydrogen-bond donors (Lipinski definition) is 2. The summed E-state index contributed by atoms with van der Waals surface area (Å²) in [5.41, 5.74) is 7.38. The maximum Gasteiger partial charge on any atom is 0.263 e. The van der Waals surface area contributed by atoms with E-state index in [1.54, 1.807) is 30.5 Å². The Labute approximate surface area is 121 Å². The Hall–Kier alpha value is -2.67. The normalized spacial score (nSPS) is 11.4. The smallest absolute Gasteiger partial charge is 0.263 e. The van der Waals surface area contributed by atoms with Crippen LogP contribution in [0.25, 0.3) is 11.0 Å². The predicted octanol–water partition coefficient (Wildman–Crippen LogP) is 2.01. The zero-order valence-corrected chi connectivity index (χ0v) is 11.7. The van der Waals surface area contributed by atoms with Crippen LogP contribution in [0.4, 0.5) is 11.5 Å². The first-order valence-corrected chi connectivity index (χ1v) is 7.63. The molecule has 0 bridgehead atoms. The maximum absolute atomic E-state index is 12.2. The number of rotatable bonds is 3. The fourth-order valence-corrected chi connectivity index (χ4v) is 2.86. The van der Waals surface area contributed by atoms with Gasteiger partial charge in [0.1, 0.15) is 5.82 Å². The lowest BCUT2D eigenvalue weighted by molar-refractivity contribution is 0.601. The molecule has 0 saturated heterocycles. The first kappa shape index (κ1) is 13.3. The van der Waals surface area contributed by atoms with Gasteiger partial charge in [-0.1, -0.05) is 0 Å². The third-order valence-electron chi connectivity index (χ3n) is 2.89. The Balaban J connectivity index is 1.95. The van der Waals surface area contributed by atoms with Crippen molar-refractivity contribution in [2.75, 3.05) is 10.5 Å². The molecule has 21 heavy (non-hydrogen) atoms. The fourth-order valence-electron chi connectivity index (χ4n) is 1.86. The molecule has 0 aliphatic heterocycles. The summed E-state index contributed by atoms with van der Waals surface area (Å²) in [6.07, 6.45) is 1.65. The minimum Gasteiger partial charge on any atom is -0.399 e. The third kappa shape index (κ3) is 2.77. The van der Waals surface area contributed by atoms with Gasteiger partial charge in [-0.3, -0.25) is 9.71 Å². The van der Waals surface area contributed by atoms with E-state index < -0.39 is 10.0 Å². The average Bonchev–Trinajstić information content (AvgIpc) is 2.47. The molecule has 2 heterocycles. The van der Waals surface area contributed by atoms with Crippen LogP contribution in [-0.4, -0.2) is 18.4 Å². The van der Waals surface area contributed by atoms with Gasteiger partial charge < -0.3 is 5.73 Å². The van der Waals surface area contributed by atoms with Crippen LogP contribution in [-0.2, 0) is 10.0 Å². The third-order valence-corrected chi connectivity index (χ3v) is 4.26. The molecule has 0 saturated carbocycles. The molecule has 0 spiro atoms. The van der Waals surface area contributed by atoms with E-state index in [4.69, 9.17) is 5.73 Å². The summed E-state index contributed by atoms with van der Waals surface area (Å²) >= 11 is 0. The van der Waals surface area contributed by atoms with Crippen molar-refractivity contribution in [3.63, 3.8) is 0 Å². The minimum atomic E-state index is -3.69.